The summed E-state index contributed by atoms with van der Waals surface area (Å²) in [7, 11) is 0. The molecule has 0 spiro atoms. The summed E-state index contributed by atoms with van der Waals surface area (Å²) >= 11 is 0. The van der Waals surface area contributed by atoms with Crippen molar-refractivity contribution in [1.82, 2.24) is 4.98 Å². The van der Waals surface area contributed by atoms with Gasteiger partial charge in [0, 0.05) is 42.5 Å². The van der Waals surface area contributed by atoms with Gasteiger partial charge in [0.15, 0.2) is 11.6 Å². The van der Waals surface area contributed by atoms with Gasteiger partial charge in [0.25, 0.3) is 0 Å². The number of fused-ring (bicyclic) bond motifs is 1. The number of benzene rings is 2. The first-order chi connectivity index (χ1) is 25.9. The maximum Gasteiger partial charge on any atom is 0.373 e. The van der Waals surface area contributed by atoms with Crippen molar-refractivity contribution in [3.05, 3.63) is 71.6 Å². The average molecular weight is 776 g/mol. The highest BCUT2D eigenvalue weighted by Gasteiger charge is 2.22. The molecule has 9 nitrogen and oxygen atoms in total. The van der Waals surface area contributed by atoms with Crippen molar-refractivity contribution >= 4 is 34.6 Å². The Hall–Kier alpha value is -4.50. The fourth-order valence-electron chi connectivity index (χ4n) is 4.72. The first-order valence-corrected chi connectivity index (χ1v) is 19.2. The van der Waals surface area contributed by atoms with Crippen LogP contribution in [0.1, 0.15) is 139 Å². The molecule has 1 N–H and O–H groups in total. The second-order valence-corrected chi connectivity index (χ2v) is 13.5. The smallest absolute Gasteiger partial charge is 0.373 e. The van der Waals surface area contributed by atoms with Crippen LogP contribution in [0.15, 0.2) is 48.7 Å². The molecule has 0 saturated heterocycles. The Morgan fingerprint density at radius 1 is 0.891 bits per heavy atom. The Morgan fingerprint density at radius 2 is 1.51 bits per heavy atom. The summed E-state index contributed by atoms with van der Waals surface area (Å²) in [6.45, 7) is 23.0. The van der Waals surface area contributed by atoms with E-state index in [1.165, 1.54) is 44.4 Å². The predicted molar refractivity (Wildman–Crippen MR) is 214 cm³/mol. The van der Waals surface area contributed by atoms with E-state index in [0.717, 1.165) is 48.6 Å². The van der Waals surface area contributed by atoms with Crippen LogP contribution in [-0.4, -0.2) is 46.2 Å². The van der Waals surface area contributed by atoms with Gasteiger partial charge in [-0.2, -0.15) is 9.59 Å². The van der Waals surface area contributed by atoms with Gasteiger partial charge in [0.05, 0.1) is 6.61 Å². The second kappa shape index (κ2) is 32.9. The zero-order valence-corrected chi connectivity index (χ0v) is 35.4. The zero-order chi connectivity index (χ0) is 43.0. The number of esters is 2. The Morgan fingerprint density at radius 3 is 2.02 bits per heavy atom. The average Bonchev–Trinajstić information content (AvgIpc) is 3.11. The molecule has 0 saturated carbocycles. The van der Waals surface area contributed by atoms with E-state index < -0.39 is 5.82 Å². The van der Waals surface area contributed by atoms with E-state index in [9.17, 15) is 23.2 Å². The maximum atomic E-state index is 12.7. The van der Waals surface area contributed by atoms with Gasteiger partial charge in [-0.3, -0.25) is 19.4 Å². The van der Waals surface area contributed by atoms with Gasteiger partial charge in [-0.15, -0.1) is 0 Å². The van der Waals surface area contributed by atoms with E-state index in [1.54, 1.807) is 31.3 Å². The Labute approximate surface area is 328 Å². The number of phenols is 1. The molecule has 0 aliphatic rings. The molecule has 0 radical (unpaired) electrons. The van der Waals surface area contributed by atoms with Gasteiger partial charge in [0.1, 0.15) is 17.2 Å². The lowest BCUT2D eigenvalue weighted by Crippen LogP contribution is -2.24. The van der Waals surface area contributed by atoms with Crippen LogP contribution >= 0.6 is 0 Å². The van der Waals surface area contributed by atoms with Crippen LogP contribution in [0, 0.1) is 30.4 Å². The molecule has 3 rings (SSSR count). The van der Waals surface area contributed by atoms with Gasteiger partial charge >= 0.3 is 18.1 Å². The molecule has 2 unspecified atom stereocenters. The SMILES string of the molecule is CC.CCCC(=O)OC(C)(C)C.CCCCCCC(COC(C)=O)C(C)C(C)=O.CCCc1cccc(F)c1O.Cc1cc2cc(F)ccc2cn1.O=C=O. The molecule has 0 bridgehead atoms. The molecular formula is C44H67F2NO8. The largest absolute Gasteiger partial charge is 0.505 e. The third kappa shape index (κ3) is 29.5. The number of phenolic OH excluding ortho intramolecular Hbond substituents is 1. The highest BCUT2D eigenvalue weighted by Crippen LogP contribution is 2.22. The van der Waals surface area contributed by atoms with Gasteiger partial charge in [-0.1, -0.05) is 85.8 Å². The van der Waals surface area contributed by atoms with Crippen molar-refractivity contribution in [3.63, 3.8) is 0 Å². The van der Waals surface area contributed by atoms with Crippen LogP contribution in [0.4, 0.5) is 8.78 Å². The lowest BCUT2D eigenvalue weighted by atomic mass is 9.87. The number of ether oxygens (including phenoxy) is 2. The number of pyridine rings is 1. The number of Topliss-reactive ketones (excluding diaryl/α,β-unsaturated/α-hetero) is 1. The normalized spacial score (nSPS) is 10.9. The minimum Gasteiger partial charge on any atom is -0.505 e. The molecule has 55 heavy (non-hydrogen) atoms. The number of carbonyl (C=O) groups excluding carboxylic acids is 5. The number of aromatic hydroxyl groups is 1. The number of carbonyl (C=O) groups is 3. The van der Waals surface area contributed by atoms with Crippen LogP contribution in [0.3, 0.4) is 0 Å². The molecule has 1 heterocycles. The third-order valence-electron chi connectivity index (χ3n) is 7.56. The second-order valence-electron chi connectivity index (χ2n) is 13.5. The molecule has 0 aliphatic carbocycles. The fourth-order valence-corrected chi connectivity index (χ4v) is 4.72. The quantitative estimate of drug-likeness (QED) is 0.133. The van der Waals surface area contributed by atoms with E-state index in [2.05, 4.69) is 11.9 Å². The number of unbranched alkanes of at least 4 members (excludes halogenated alkanes) is 3. The molecule has 0 aliphatic heterocycles. The zero-order valence-electron chi connectivity index (χ0n) is 35.4. The number of hydrogen-bond acceptors (Lipinski definition) is 9. The van der Waals surface area contributed by atoms with Gasteiger partial charge in [-0.05, 0) is 95.2 Å². The van der Waals surface area contributed by atoms with Gasteiger partial charge < -0.3 is 14.6 Å². The molecule has 310 valence electrons. The van der Waals surface area contributed by atoms with E-state index in [0.29, 0.717) is 18.6 Å². The summed E-state index contributed by atoms with van der Waals surface area (Å²) in [6, 6.07) is 11.2. The predicted octanol–water partition coefficient (Wildman–Crippen LogP) is 11.1. The summed E-state index contributed by atoms with van der Waals surface area (Å²) in [5.74, 6) is -0.963. The number of hydrogen-bond donors (Lipinski definition) is 1. The highest BCUT2D eigenvalue weighted by molar-refractivity contribution is 5.81. The van der Waals surface area contributed by atoms with Crippen LogP contribution in [0.25, 0.3) is 10.8 Å². The Balaban J connectivity index is -0.000000640. The first-order valence-electron chi connectivity index (χ1n) is 19.2. The topological polar surface area (TPSA) is 137 Å². The highest BCUT2D eigenvalue weighted by atomic mass is 19.1. The molecule has 3 aromatic rings. The summed E-state index contributed by atoms with van der Waals surface area (Å²) in [6.07, 6.45) is 10.7. The summed E-state index contributed by atoms with van der Waals surface area (Å²) < 4.78 is 35.5. The van der Waals surface area contributed by atoms with Crippen LogP contribution < -0.4 is 0 Å². The Bertz CT molecular complexity index is 1500. The van der Waals surface area contributed by atoms with Gasteiger partial charge in [-0.25, -0.2) is 8.78 Å². The summed E-state index contributed by atoms with van der Waals surface area (Å²) in [4.78, 5) is 53.4. The third-order valence-corrected chi connectivity index (χ3v) is 7.56. The summed E-state index contributed by atoms with van der Waals surface area (Å²) in [5.41, 5.74) is 1.27. The molecule has 0 fully saturated rings. The molecule has 0 amide bonds. The van der Waals surface area contributed by atoms with Crippen LogP contribution in [0.2, 0.25) is 0 Å². The number of aryl methyl sites for hydroxylation is 2. The lowest BCUT2D eigenvalue weighted by molar-refractivity contribution is -0.191. The monoisotopic (exact) mass is 775 g/mol. The van der Waals surface area contributed by atoms with Crippen molar-refractivity contribution in [3.8, 4) is 5.75 Å². The van der Waals surface area contributed by atoms with Crippen molar-refractivity contribution in [2.75, 3.05) is 6.61 Å². The van der Waals surface area contributed by atoms with E-state index in [1.807, 2.05) is 68.4 Å². The number of aromatic nitrogens is 1. The number of ketones is 1. The minimum absolute atomic E-state index is 0.0176. The van der Waals surface area contributed by atoms with Crippen molar-refractivity contribution < 1.29 is 47.3 Å². The minimum atomic E-state index is -0.532. The molecule has 2 atom stereocenters. The van der Waals surface area contributed by atoms with Crippen LogP contribution in [-0.2, 0) is 39.9 Å². The van der Waals surface area contributed by atoms with Crippen LogP contribution in [0.5, 0.6) is 5.75 Å². The van der Waals surface area contributed by atoms with E-state index in [-0.39, 0.29) is 52.9 Å². The number of para-hydroxylation sites is 1. The maximum absolute atomic E-state index is 12.7. The van der Waals surface area contributed by atoms with E-state index >= 15 is 0 Å². The number of nitrogens with zero attached hydrogens (tertiary/aromatic N) is 1. The fraction of sp³-hybridized carbons (Fsp3) is 0.568. The standard InChI is InChI=1S/C14H26O3.C10H8FN.C9H11FO.C8H16O2.C2H6.CO2/c1-5-6-7-8-9-14(10-17-13(4)16)11(2)12(3)15;1-7-4-9-5-10(11)3-2-8(9)6-12-7;1-2-4-7-5-3-6-8(10)9(7)11;1-5-6-7(9)10-8(2,3)4;1-2;2-1-3/h11,14H,5-10H2,1-4H3;2-6H,1H3;3,5-6,11H,2,4H2,1H3;5-6H2,1-4H3;1-2H3;. The van der Waals surface area contributed by atoms with Crippen molar-refractivity contribution in [1.29, 1.82) is 0 Å². The molecule has 1 aromatic heterocycles. The van der Waals surface area contributed by atoms with Crippen molar-refractivity contribution in [2.45, 2.75) is 146 Å². The molecular weight excluding hydrogens is 708 g/mol. The molecule has 11 heteroatoms. The summed E-state index contributed by atoms with van der Waals surface area (Å²) in [5, 5.41) is 11.0. The lowest BCUT2D eigenvalue weighted by Gasteiger charge is -2.21. The van der Waals surface area contributed by atoms with Gasteiger partial charge in [0.2, 0.25) is 0 Å². The molecule has 2 aromatic carbocycles. The van der Waals surface area contributed by atoms with E-state index in [4.69, 9.17) is 24.2 Å². The first kappa shape index (κ1) is 54.8. The Kier molecular flexibility index (Phi) is 32.8. The van der Waals surface area contributed by atoms with Crippen molar-refractivity contribution in [2.24, 2.45) is 11.8 Å². The number of halogens is 2. The number of rotatable bonds is 13.